The molecule has 2 aliphatic heterocycles. The molecule has 1 aromatic rings. The van der Waals surface area contributed by atoms with E-state index in [1.807, 2.05) is 18.2 Å². The first kappa shape index (κ1) is 25.0. The molecule has 0 spiro atoms. The van der Waals surface area contributed by atoms with Crippen LogP contribution in [0, 0.1) is 5.92 Å². The van der Waals surface area contributed by atoms with Gasteiger partial charge in [0.15, 0.2) is 5.96 Å². The van der Waals surface area contributed by atoms with E-state index in [-0.39, 0.29) is 30.5 Å². The minimum absolute atomic E-state index is 0. The maximum atomic E-state index is 10.8. The Morgan fingerprint density at radius 1 is 1.23 bits per heavy atom. The highest BCUT2D eigenvalue weighted by Crippen LogP contribution is 2.29. The summed E-state index contributed by atoms with van der Waals surface area (Å²) in [5.41, 5.74) is 0.694. The van der Waals surface area contributed by atoms with Crippen LogP contribution in [0.15, 0.2) is 23.2 Å². The third kappa shape index (κ3) is 6.62. The van der Waals surface area contributed by atoms with Gasteiger partial charge >= 0.3 is 0 Å². The molecule has 0 amide bonds. The van der Waals surface area contributed by atoms with Crippen molar-refractivity contribution in [3.63, 3.8) is 0 Å². The molecular formula is C22H37IN4O3. The molecule has 1 aromatic carbocycles. The number of methoxy groups -OCH3 is 2. The Balaban J connectivity index is 0.00000320. The van der Waals surface area contributed by atoms with Crippen molar-refractivity contribution in [2.45, 2.75) is 32.3 Å². The number of hydrogen-bond acceptors (Lipinski definition) is 5. The molecule has 2 N–H and O–H groups in total. The Kier molecular flexibility index (Phi) is 10.5. The topological polar surface area (TPSA) is 69.6 Å². The number of aliphatic hydroxyl groups excluding tert-OH is 1. The normalized spacial score (nSPS) is 20.7. The molecular weight excluding hydrogens is 495 g/mol. The van der Waals surface area contributed by atoms with Gasteiger partial charge in [-0.2, -0.15) is 0 Å². The van der Waals surface area contributed by atoms with Crippen LogP contribution in [0.2, 0.25) is 0 Å². The molecule has 0 bridgehead atoms. The summed E-state index contributed by atoms with van der Waals surface area (Å²) in [6.45, 7) is 8.90. The van der Waals surface area contributed by atoms with E-state index in [9.17, 15) is 5.11 Å². The zero-order valence-corrected chi connectivity index (χ0v) is 20.8. The number of rotatable bonds is 8. The fourth-order valence-corrected chi connectivity index (χ4v) is 4.30. The van der Waals surface area contributed by atoms with Gasteiger partial charge in [-0.05, 0) is 63.4 Å². The van der Waals surface area contributed by atoms with Crippen molar-refractivity contribution in [2.75, 3.05) is 60.0 Å². The molecule has 0 radical (unpaired) electrons. The van der Waals surface area contributed by atoms with Gasteiger partial charge < -0.3 is 29.7 Å². The van der Waals surface area contributed by atoms with Crippen molar-refractivity contribution in [3.05, 3.63) is 23.8 Å². The molecule has 3 rings (SSSR count). The first-order valence-corrected chi connectivity index (χ1v) is 10.8. The van der Waals surface area contributed by atoms with Crippen LogP contribution >= 0.6 is 24.0 Å². The second-order valence-corrected chi connectivity index (χ2v) is 7.93. The fourth-order valence-electron chi connectivity index (χ4n) is 4.30. The van der Waals surface area contributed by atoms with Crippen LogP contribution in [0.25, 0.3) is 0 Å². The van der Waals surface area contributed by atoms with E-state index < -0.39 is 6.10 Å². The fraction of sp³-hybridized carbons (Fsp3) is 0.682. The molecule has 170 valence electrons. The van der Waals surface area contributed by atoms with E-state index in [0.29, 0.717) is 23.0 Å². The zero-order valence-electron chi connectivity index (χ0n) is 18.5. The standard InChI is InChI=1S/C22H36N4O3.HI/c1-4-23-22(26-12-9-17(16-26)15-25-10-5-6-11-25)24-14-20(27)19-13-18(28-2)7-8-21(19)29-3;/h7-8,13,17,20,27H,4-6,9-12,14-16H2,1-3H3,(H,23,24);1H. The molecule has 2 saturated heterocycles. The zero-order chi connectivity index (χ0) is 20.6. The van der Waals surface area contributed by atoms with Gasteiger partial charge in [-0.1, -0.05) is 0 Å². The third-order valence-electron chi connectivity index (χ3n) is 5.85. The van der Waals surface area contributed by atoms with Crippen molar-refractivity contribution in [1.82, 2.24) is 15.1 Å². The Hall–Kier alpha value is -1.26. The summed E-state index contributed by atoms with van der Waals surface area (Å²) >= 11 is 0. The van der Waals surface area contributed by atoms with Crippen LogP contribution in [0.3, 0.4) is 0 Å². The van der Waals surface area contributed by atoms with Gasteiger partial charge in [-0.15, -0.1) is 24.0 Å². The lowest BCUT2D eigenvalue weighted by molar-refractivity contribution is 0.181. The van der Waals surface area contributed by atoms with Gasteiger partial charge in [0.05, 0.1) is 20.8 Å². The summed E-state index contributed by atoms with van der Waals surface area (Å²) in [5.74, 6) is 2.92. The van der Waals surface area contributed by atoms with Crippen LogP contribution < -0.4 is 14.8 Å². The smallest absolute Gasteiger partial charge is 0.194 e. The Morgan fingerprint density at radius 3 is 2.67 bits per heavy atom. The number of likely N-dealkylation sites (tertiary alicyclic amines) is 2. The lowest BCUT2D eigenvalue weighted by atomic mass is 10.1. The lowest BCUT2D eigenvalue weighted by Gasteiger charge is -2.24. The molecule has 2 aliphatic rings. The summed E-state index contributed by atoms with van der Waals surface area (Å²) in [6, 6.07) is 5.46. The van der Waals surface area contributed by atoms with Crippen LogP contribution in [0.5, 0.6) is 11.5 Å². The average Bonchev–Trinajstić information content (AvgIpc) is 3.43. The number of halogens is 1. The number of hydrogen-bond donors (Lipinski definition) is 2. The van der Waals surface area contributed by atoms with Gasteiger partial charge in [0.2, 0.25) is 0 Å². The van der Waals surface area contributed by atoms with E-state index in [4.69, 9.17) is 14.5 Å². The van der Waals surface area contributed by atoms with E-state index in [2.05, 4.69) is 22.0 Å². The average molecular weight is 532 g/mol. The van der Waals surface area contributed by atoms with Gasteiger partial charge in [-0.3, -0.25) is 4.99 Å². The van der Waals surface area contributed by atoms with E-state index in [1.165, 1.54) is 38.9 Å². The molecule has 30 heavy (non-hydrogen) atoms. The van der Waals surface area contributed by atoms with Crippen molar-refractivity contribution in [2.24, 2.45) is 10.9 Å². The SMILES string of the molecule is CCNC(=NCC(O)c1cc(OC)ccc1OC)N1CCC(CN2CCCC2)C1.I. The second kappa shape index (κ2) is 12.6. The summed E-state index contributed by atoms with van der Waals surface area (Å²) in [6.07, 6.45) is 3.13. The predicted octanol–water partition coefficient (Wildman–Crippen LogP) is 2.74. The first-order chi connectivity index (χ1) is 14.1. The Bertz CT molecular complexity index is 682. The highest BCUT2D eigenvalue weighted by atomic mass is 127. The Morgan fingerprint density at radius 2 is 2.00 bits per heavy atom. The summed E-state index contributed by atoms with van der Waals surface area (Å²) in [7, 11) is 3.22. The molecule has 0 aliphatic carbocycles. The van der Waals surface area contributed by atoms with Crippen molar-refractivity contribution in [3.8, 4) is 11.5 Å². The molecule has 2 heterocycles. The van der Waals surface area contributed by atoms with Gasteiger partial charge in [-0.25, -0.2) is 0 Å². The van der Waals surface area contributed by atoms with Crippen LogP contribution in [0.1, 0.15) is 37.9 Å². The number of aliphatic hydroxyl groups is 1. The number of nitrogens with one attached hydrogen (secondary N) is 1. The number of guanidine groups is 1. The molecule has 7 nitrogen and oxygen atoms in total. The second-order valence-electron chi connectivity index (χ2n) is 7.93. The molecule has 0 aromatic heterocycles. The molecule has 2 atom stereocenters. The first-order valence-electron chi connectivity index (χ1n) is 10.8. The van der Waals surface area contributed by atoms with Gasteiger partial charge in [0.1, 0.15) is 17.6 Å². The third-order valence-corrected chi connectivity index (χ3v) is 5.85. The number of ether oxygens (including phenoxy) is 2. The van der Waals surface area contributed by atoms with Crippen LogP contribution in [-0.4, -0.2) is 80.9 Å². The molecule has 8 heteroatoms. The number of benzene rings is 1. The Labute approximate surface area is 197 Å². The lowest BCUT2D eigenvalue weighted by Crippen LogP contribution is -2.41. The minimum Gasteiger partial charge on any atom is -0.497 e. The molecule has 2 fully saturated rings. The van der Waals surface area contributed by atoms with Crippen molar-refractivity contribution in [1.29, 1.82) is 0 Å². The maximum Gasteiger partial charge on any atom is 0.194 e. The largest absolute Gasteiger partial charge is 0.497 e. The quantitative estimate of drug-likeness (QED) is 0.305. The monoisotopic (exact) mass is 532 g/mol. The molecule has 2 unspecified atom stereocenters. The van der Waals surface area contributed by atoms with E-state index in [0.717, 1.165) is 25.6 Å². The van der Waals surface area contributed by atoms with E-state index in [1.54, 1.807) is 14.2 Å². The van der Waals surface area contributed by atoms with Crippen LogP contribution in [-0.2, 0) is 0 Å². The summed E-state index contributed by atoms with van der Waals surface area (Å²) in [4.78, 5) is 9.67. The van der Waals surface area contributed by atoms with E-state index >= 15 is 0 Å². The minimum atomic E-state index is -0.753. The highest BCUT2D eigenvalue weighted by molar-refractivity contribution is 14.0. The van der Waals surface area contributed by atoms with Gasteiger partial charge in [0, 0.05) is 31.7 Å². The van der Waals surface area contributed by atoms with Gasteiger partial charge in [0.25, 0.3) is 0 Å². The highest BCUT2D eigenvalue weighted by Gasteiger charge is 2.27. The number of aliphatic imine (C=N–C) groups is 1. The maximum absolute atomic E-state index is 10.8. The van der Waals surface area contributed by atoms with Crippen molar-refractivity contribution >= 4 is 29.9 Å². The summed E-state index contributed by atoms with van der Waals surface area (Å²) in [5, 5.41) is 14.2. The summed E-state index contributed by atoms with van der Waals surface area (Å²) < 4.78 is 10.7. The molecule has 0 saturated carbocycles. The van der Waals surface area contributed by atoms with Crippen LogP contribution in [0.4, 0.5) is 0 Å². The number of nitrogens with zero attached hydrogens (tertiary/aromatic N) is 3. The predicted molar refractivity (Wildman–Crippen MR) is 131 cm³/mol. The van der Waals surface area contributed by atoms with Crippen molar-refractivity contribution < 1.29 is 14.6 Å².